The van der Waals surface area contributed by atoms with Crippen LogP contribution in [0.2, 0.25) is 0 Å². The van der Waals surface area contributed by atoms with Gasteiger partial charge in [0.25, 0.3) is 5.56 Å². The molecule has 0 spiro atoms. The van der Waals surface area contributed by atoms with Gasteiger partial charge in [0.05, 0.1) is 22.6 Å². The van der Waals surface area contributed by atoms with E-state index < -0.39 is 5.60 Å². The van der Waals surface area contributed by atoms with Crippen molar-refractivity contribution in [1.29, 1.82) is 5.26 Å². The molecule has 0 N–H and O–H groups in total. The zero-order chi connectivity index (χ0) is 18.9. The Morgan fingerprint density at radius 3 is 2.92 bits per heavy atom. The van der Waals surface area contributed by atoms with Gasteiger partial charge in [-0.2, -0.15) is 5.26 Å². The molecule has 0 unspecified atom stereocenters. The fourth-order valence-corrected chi connectivity index (χ4v) is 4.21. The topological polar surface area (TPSA) is 55.0 Å². The molecule has 0 saturated carbocycles. The quantitative estimate of drug-likeness (QED) is 0.591. The summed E-state index contributed by atoms with van der Waals surface area (Å²) in [5, 5.41) is 9.24. The van der Waals surface area contributed by atoms with Gasteiger partial charge in [0, 0.05) is 17.5 Å². The molecule has 0 radical (unpaired) electrons. The van der Waals surface area contributed by atoms with E-state index in [1.165, 1.54) is 11.5 Å². The first-order valence-corrected chi connectivity index (χ1v) is 9.12. The monoisotopic (exact) mass is 364 g/mol. The molecule has 0 amide bonds. The van der Waals surface area contributed by atoms with Gasteiger partial charge in [-0.05, 0) is 51.1 Å². The molecule has 1 aliphatic heterocycles. The lowest BCUT2D eigenvalue weighted by molar-refractivity contribution is 0.0683. The molecular formula is C21H20N2O2S. The Morgan fingerprint density at radius 2 is 2.23 bits per heavy atom. The highest BCUT2D eigenvalue weighted by Gasteiger charge is 2.36. The molecule has 0 fully saturated rings. The summed E-state index contributed by atoms with van der Waals surface area (Å²) in [5.41, 5.74) is 4.73. The van der Waals surface area contributed by atoms with E-state index in [1.54, 1.807) is 28.3 Å². The Hall–Kier alpha value is -2.80. The molecule has 1 aromatic carbocycles. The van der Waals surface area contributed by atoms with E-state index in [-0.39, 0.29) is 11.6 Å². The van der Waals surface area contributed by atoms with E-state index >= 15 is 0 Å². The molecule has 3 rings (SSSR count). The normalized spacial score (nSPS) is 17.2. The zero-order valence-corrected chi connectivity index (χ0v) is 15.9. The van der Waals surface area contributed by atoms with Crippen LogP contribution in [-0.2, 0) is 0 Å². The first-order valence-electron chi connectivity index (χ1n) is 8.35. The molecule has 26 heavy (non-hydrogen) atoms. The molecule has 5 heteroatoms. The smallest absolute Gasteiger partial charge is 0.264 e. The highest BCUT2D eigenvalue weighted by Crippen LogP contribution is 2.42. The van der Waals surface area contributed by atoms with Crippen LogP contribution in [0.1, 0.15) is 47.9 Å². The van der Waals surface area contributed by atoms with E-state index in [1.807, 2.05) is 32.9 Å². The number of benzene rings is 1. The largest absolute Gasteiger partial charge is 0.487 e. The van der Waals surface area contributed by atoms with Gasteiger partial charge in [-0.3, -0.25) is 8.75 Å². The standard InChI is InChI=1S/C21H20N2O2S/c1-5-6-7-8-19-14(2)20(24)23(26-19)17-12-21(3,4)25-18-10-9-15(13-22)11-16(17)18/h5-6,8-11,17H,1,12H2,2-4H3/t7?,17-/m0/s1. The van der Waals surface area contributed by atoms with Crippen LogP contribution in [0.15, 0.2) is 47.5 Å². The van der Waals surface area contributed by atoms with Crippen LogP contribution < -0.4 is 10.3 Å². The second-order valence-electron chi connectivity index (χ2n) is 6.87. The summed E-state index contributed by atoms with van der Waals surface area (Å²) in [6, 6.07) is 7.39. The number of rotatable bonds is 3. The van der Waals surface area contributed by atoms with Crippen molar-refractivity contribution >= 4 is 17.6 Å². The number of ether oxygens (including phenoxy) is 1. The van der Waals surface area contributed by atoms with Gasteiger partial charge in [0.15, 0.2) is 0 Å². The third-order valence-corrected chi connectivity index (χ3v) is 5.61. The summed E-state index contributed by atoms with van der Waals surface area (Å²) in [6.07, 6.45) is 5.81. The minimum atomic E-state index is -0.401. The maximum absolute atomic E-state index is 12.9. The molecule has 1 aromatic heterocycles. The first kappa shape index (κ1) is 18.0. The maximum Gasteiger partial charge on any atom is 0.264 e. The molecule has 2 aromatic rings. The minimum absolute atomic E-state index is 0.0161. The fraction of sp³-hybridized carbons (Fsp3) is 0.286. The molecule has 1 atom stereocenters. The Kier molecular flexibility index (Phi) is 4.73. The third kappa shape index (κ3) is 3.30. The van der Waals surface area contributed by atoms with E-state index in [0.29, 0.717) is 17.5 Å². The summed E-state index contributed by atoms with van der Waals surface area (Å²) >= 11 is 1.41. The van der Waals surface area contributed by atoms with Crippen molar-refractivity contribution in [3.8, 4) is 11.8 Å². The molecule has 0 bridgehead atoms. The van der Waals surface area contributed by atoms with Crippen LogP contribution in [0.5, 0.6) is 5.75 Å². The molecule has 132 valence electrons. The molecule has 4 nitrogen and oxygen atoms in total. The number of nitriles is 1. The van der Waals surface area contributed by atoms with Gasteiger partial charge >= 0.3 is 0 Å². The Morgan fingerprint density at radius 1 is 1.46 bits per heavy atom. The Labute approximate surface area is 157 Å². The lowest BCUT2D eigenvalue weighted by Gasteiger charge is -2.37. The molecule has 1 aliphatic rings. The van der Waals surface area contributed by atoms with Gasteiger partial charge in [-0.15, -0.1) is 5.73 Å². The van der Waals surface area contributed by atoms with Crippen LogP contribution in [0.25, 0.3) is 6.08 Å². The van der Waals surface area contributed by atoms with Crippen molar-refractivity contribution in [3.05, 3.63) is 74.6 Å². The average molecular weight is 364 g/mol. The van der Waals surface area contributed by atoms with E-state index in [0.717, 1.165) is 16.2 Å². The summed E-state index contributed by atoms with van der Waals surface area (Å²) in [7, 11) is 0. The number of allylic oxidation sites excluding steroid dienone is 2. The maximum atomic E-state index is 12.9. The summed E-state index contributed by atoms with van der Waals surface area (Å²) in [6.45, 7) is 9.48. The second-order valence-corrected chi connectivity index (χ2v) is 7.89. The van der Waals surface area contributed by atoms with Gasteiger partial charge in [-0.1, -0.05) is 24.2 Å². The summed E-state index contributed by atoms with van der Waals surface area (Å²) in [4.78, 5) is 13.8. The van der Waals surface area contributed by atoms with Crippen molar-refractivity contribution in [2.24, 2.45) is 0 Å². The van der Waals surface area contributed by atoms with E-state index in [9.17, 15) is 10.1 Å². The van der Waals surface area contributed by atoms with Crippen molar-refractivity contribution in [2.45, 2.75) is 38.8 Å². The van der Waals surface area contributed by atoms with Crippen molar-refractivity contribution in [2.75, 3.05) is 0 Å². The molecule has 0 saturated heterocycles. The number of fused-ring (bicyclic) bond motifs is 1. The van der Waals surface area contributed by atoms with E-state index in [2.05, 4.69) is 18.4 Å². The van der Waals surface area contributed by atoms with Crippen LogP contribution in [-0.4, -0.2) is 9.56 Å². The highest BCUT2D eigenvalue weighted by molar-refractivity contribution is 7.07. The number of aromatic nitrogens is 1. The van der Waals surface area contributed by atoms with Gasteiger partial charge in [0.2, 0.25) is 0 Å². The predicted molar refractivity (Wildman–Crippen MR) is 105 cm³/mol. The Bertz CT molecular complexity index is 1030. The molecule has 0 aliphatic carbocycles. The van der Waals surface area contributed by atoms with Gasteiger partial charge in [0.1, 0.15) is 11.4 Å². The number of nitrogens with zero attached hydrogens (tertiary/aromatic N) is 2. The fourth-order valence-electron chi connectivity index (χ4n) is 3.11. The summed E-state index contributed by atoms with van der Waals surface area (Å²) in [5.74, 6) is 0.729. The van der Waals surface area contributed by atoms with Crippen LogP contribution in [0, 0.1) is 18.3 Å². The molecule has 2 heterocycles. The van der Waals surface area contributed by atoms with E-state index in [4.69, 9.17) is 4.74 Å². The van der Waals surface area contributed by atoms with Gasteiger partial charge < -0.3 is 4.74 Å². The number of hydrogen-bond donors (Lipinski definition) is 0. The number of hydrogen-bond acceptors (Lipinski definition) is 4. The van der Waals surface area contributed by atoms with Crippen molar-refractivity contribution in [3.63, 3.8) is 0 Å². The SMILES string of the molecule is C=CC=C=Cc1sn([C@H]2CC(C)(C)Oc3ccc(C#N)cc32)c(=O)c1C. The van der Waals surface area contributed by atoms with Crippen molar-refractivity contribution < 1.29 is 4.74 Å². The lowest BCUT2D eigenvalue weighted by Crippen LogP contribution is -2.38. The summed E-state index contributed by atoms with van der Waals surface area (Å²) < 4.78 is 7.86. The second kappa shape index (κ2) is 6.84. The third-order valence-electron chi connectivity index (χ3n) is 4.37. The Balaban J connectivity index is 2.17. The average Bonchev–Trinajstić information content (AvgIpc) is 2.88. The highest BCUT2D eigenvalue weighted by atomic mass is 32.1. The predicted octanol–water partition coefficient (Wildman–Crippen LogP) is 4.59. The van der Waals surface area contributed by atoms with Crippen LogP contribution in [0.4, 0.5) is 0 Å². The zero-order valence-electron chi connectivity index (χ0n) is 15.1. The van der Waals surface area contributed by atoms with Gasteiger partial charge in [-0.25, -0.2) is 0 Å². The minimum Gasteiger partial charge on any atom is -0.487 e. The first-order chi connectivity index (χ1) is 12.4. The lowest BCUT2D eigenvalue weighted by atomic mass is 9.89. The van der Waals surface area contributed by atoms with Crippen LogP contribution >= 0.6 is 11.5 Å². The molecular weight excluding hydrogens is 344 g/mol. The van der Waals surface area contributed by atoms with Crippen molar-refractivity contribution in [1.82, 2.24) is 3.96 Å². The van der Waals surface area contributed by atoms with Crippen LogP contribution in [0.3, 0.4) is 0 Å².